The van der Waals surface area contributed by atoms with Crippen molar-refractivity contribution in [2.75, 3.05) is 23.7 Å². The highest BCUT2D eigenvalue weighted by atomic mass is 32.2. The fraction of sp³-hybridized carbons (Fsp3) is 0.400. The van der Waals surface area contributed by atoms with Gasteiger partial charge in [-0.25, -0.2) is 8.42 Å². The molecule has 0 aliphatic heterocycles. The second kappa shape index (κ2) is 11.8. The number of Topliss-reactive ketones (excluding diaryl/α,β-unsaturated/α-hetero) is 1. The molecule has 1 atom stereocenters. The number of hydrogen-bond acceptors (Lipinski definition) is 5. The molecule has 0 heterocycles. The van der Waals surface area contributed by atoms with Crippen molar-refractivity contribution in [3.63, 3.8) is 0 Å². The predicted octanol–water partition coefficient (Wildman–Crippen LogP) is 2.84. The molecule has 0 aromatic heterocycles. The zero-order valence-electron chi connectivity index (χ0n) is 20.3. The molecule has 2 rings (SSSR count). The summed E-state index contributed by atoms with van der Waals surface area (Å²) < 4.78 is 26.2. The largest absolute Gasteiger partial charge is 0.354 e. The summed E-state index contributed by atoms with van der Waals surface area (Å²) >= 11 is 0. The lowest BCUT2D eigenvalue weighted by molar-refractivity contribution is -0.139. The summed E-state index contributed by atoms with van der Waals surface area (Å²) in [5.74, 6) is -0.830. The number of anilines is 1. The van der Waals surface area contributed by atoms with E-state index >= 15 is 0 Å². The molecule has 0 aliphatic rings. The minimum Gasteiger partial charge on any atom is -0.354 e. The van der Waals surface area contributed by atoms with E-state index in [1.807, 2.05) is 44.2 Å². The number of amides is 2. The second-order valence-electron chi connectivity index (χ2n) is 8.70. The molecule has 0 radical (unpaired) electrons. The average molecular weight is 488 g/mol. The maximum Gasteiger partial charge on any atom is 0.244 e. The minimum absolute atomic E-state index is 0.140. The van der Waals surface area contributed by atoms with Gasteiger partial charge in [0.1, 0.15) is 12.6 Å². The first-order valence-electron chi connectivity index (χ1n) is 11.1. The van der Waals surface area contributed by atoms with Crippen molar-refractivity contribution in [1.29, 1.82) is 0 Å². The van der Waals surface area contributed by atoms with Gasteiger partial charge in [-0.15, -0.1) is 0 Å². The van der Waals surface area contributed by atoms with Crippen LogP contribution in [0.2, 0.25) is 0 Å². The molecule has 0 saturated heterocycles. The van der Waals surface area contributed by atoms with E-state index in [-0.39, 0.29) is 29.8 Å². The average Bonchev–Trinajstić information content (AvgIpc) is 2.78. The quantitative estimate of drug-likeness (QED) is 0.491. The highest BCUT2D eigenvalue weighted by Crippen LogP contribution is 2.21. The van der Waals surface area contributed by atoms with Gasteiger partial charge in [0.25, 0.3) is 0 Å². The third-order valence-corrected chi connectivity index (χ3v) is 6.41. The van der Waals surface area contributed by atoms with Crippen LogP contribution < -0.4 is 9.62 Å². The first-order valence-corrected chi connectivity index (χ1v) is 12.9. The zero-order chi connectivity index (χ0) is 25.5. The monoisotopic (exact) mass is 487 g/mol. The van der Waals surface area contributed by atoms with Gasteiger partial charge in [0.15, 0.2) is 5.78 Å². The van der Waals surface area contributed by atoms with Crippen LogP contribution >= 0.6 is 0 Å². The Balaban J connectivity index is 2.38. The second-order valence-corrected chi connectivity index (χ2v) is 10.6. The maximum atomic E-state index is 13.5. The number of benzene rings is 2. The van der Waals surface area contributed by atoms with Gasteiger partial charge in [-0.1, -0.05) is 56.3 Å². The molecule has 2 aromatic carbocycles. The van der Waals surface area contributed by atoms with Crippen LogP contribution in [0.15, 0.2) is 54.6 Å². The third kappa shape index (κ3) is 7.69. The fourth-order valence-corrected chi connectivity index (χ4v) is 4.15. The van der Waals surface area contributed by atoms with E-state index < -0.39 is 28.5 Å². The molecule has 0 aliphatic carbocycles. The molecule has 2 aromatic rings. The van der Waals surface area contributed by atoms with Crippen LogP contribution in [0, 0.1) is 5.92 Å². The summed E-state index contributed by atoms with van der Waals surface area (Å²) in [6, 6.07) is 14.5. The van der Waals surface area contributed by atoms with Gasteiger partial charge in [-0.3, -0.25) is 18.7 Å². The van der Waals surface area contributed by atoms with Gasteiger partial charge in [-0.2, -0.15) is 0 Å². The molecule has 1 N–H and O–H groups in total. The smallest absolute Gasteiger partial charge is 0.244 e. The van der Waals surface area contributed by atoms with Gasteiger partial charge < -0.3 is 10.2 Å². The first kappa shape index (κ1) is 27.0. The number of sulfonamides is 1. The molecule has 34 heavy (non-hydrogen) atoms. The van der Waals surface area contributed by atoms with Crippen LogP contribution in [0.3, 0.4) is 0 Å². The van der Waals surface area contributed by atoms with Crippen LogP contribution in [-0.4, -0.2) is 56.3 Å². The van der Waals surface area contributed by atoms with E-state index in [4.69, 9.17) is 0 Å². The molecule has 184 valence electrons. The van der Waals surface area contributed by atoms with Crippen molar-refractivity contribution in [3.8, 4) is 0 Å². The van der Waals surface area contributed by atoms with Gasteiger partial charge >= 0.3 is 0 Å². The lowest BCUT2D eigenvalue weighted by Gasteiger charge is -2.31. The molecule has 0 saturated carbocycles. The van der Waals surface area contributed by atoms with Crippen LogP contribution in [0.4, 0.5) is 5.69 Å². The van der Waals surface area contributed by atoms with Crippen molar-refractivity contribution in [2.24, 2.45) is 5.92 Å². The molecular weight excluding hydrogens is 454 g/mol. The number of ketones is 1. The molecule has 0 bridgehead atoms. The molecular formula is C25H33N3O5S. The van der Waals surface area contributed by atoms with Crippen LogP contribution in [0.5, 0.6) is 0 Å². The molecule has 0 fully saturated rings. The Hall–Kier alpha value is -3.20. The Morgan fingerprint density at radius 1 is 0.971 bits per heavy atom. The fourth-order valence-electron chi connectivity index (χ4n) is 3.31. The number of rotatable bonds is 11. The predicted molar refractivity (Wildman–Crippen MR) is 133 cm³/mol. The summed E-state index contributed by atoms with van der Waals surface area (Å²) in [7, 11) is -3.86. The summed E-state index contributed by atoms with van der Waals surface area (Å²) in [5, 5.41) is 2.84. The van der Waals surface area contributed by atoms with E-state index in [1.165, 1.54) is 24.0 Å². The molecule has 0 unspecified atom stereocenters. The van der Waals surface area contributed by atoms with Gasteiger partial charge in [0.05, 0.1) is 11.9 Å². The van der Waals surface area contributed by atoms with Gasteiger partial charge in [-0.05, 0) is 37.5 Å². The summed E-state index contributed by atoms with van der Waals surface area (Å²) in [6.07, 6.45) is 1.00. The van der Waals surface area contributed by atoms with Crippen molar-refractivity contribution in [1.82, 2.24) is 10.2 Å². The topological polar surface area (TPSA) is 104 Å². The van der Waals surface area contributed by atoms with E-state index in [1.54, 1.807) is 19.1 Å². The maximum absolute atomic E-state index is 13.5. The van der Waals surface area contributed by atoms with Gasteiger partial charge in [0.2, 0.25) is 21.8 Å². The molecule has 9 heteroatoms. The minimum atomic E-state index is -3.86. The Morgan fingerprint density at radius 2 is 1.62 bits per heavy atom. The SMILES string of the molecule is CC(=O)c1cccc(N(CC(=O)N(Cc2ccccc2)[C@H](C)C(=O)NCC(C)C)S(C)(=O)=O)c1. The number of carbonyl (C=O) groups excluding carboxylic acids is 3. The Morgan fingerprint density at radius 3 is 2.18 bits per heavy atom. The van der Waals surface area contributed by atoms with Crippen molar-refractivity contribution in [3.05, 3.63) is 65.7 Å². The third-order valence-electron chi connectivity index (χ3n) is 5.27. The molecule has 0 spiro atoms. The number of carbonyl (C=O) groups is 3. The summed E-state index contributed by atoms with van der Waals surface area (Å²) in [5.41, 5.74) is 1.35. The lowest BCUT2D eigenvalue weighted by atomic mass is 10.1. The lowest BCUT2D eigenvalue weighted by Crippen LogP contribution is -2.51. The van der Waals surface area contributed by atoms with Crippen LogP contribution in [0.1, 0.15) is 43.6 Å². The van der Waals surface area contributed by atoms with Crippen molar-refractivity contribution >= 4 is 33.3 Å². The summed E-state index contributed by atoms with van der Waals surface area (Å²) in [4.78, 5) is 39.4. The highest BCUT2D eigenvalue weighted by molar-refractivity contribution is 7.92. The Kier molecular flexibility index (Phi) is 9.37. The summed E-state index contributed by atoms with van der Waals surface area (Å²) in [6.45, 7) is 7.04. The zero-order valence-corrected chi connectivity index (χ0v) is 21.1. The van der Waals surface area contributed by atoms with Crippen LogP contribution in [-0.2, 0) is 26.2 Å². The van der Waals surface area contributed by atoms with E-state index in [0.29, 0.717) is 12.1 Å². The normalized spacial score (nSPS) is 12.2. The number of hydrogen-bond donors (Lipinski definition) is 1. The van der Waals surface area contributed by atoms with E-state index in [9.17, 15) is 22.8 Å². The van der Waals surface area contributed by atoms with E-state index in [0.717, 1.165) is 16.1 Å². The standard InChI is InChI=1S/C25H33N3O5S/c1-18(2)15-26-25(31)19(3)27(16-21-10-7-6-8-11-21)24(30)17-28(34(5,32)33)23-13-9-12-22(14-23)20(4)29/h6-14,18-19H,15-17H2,1-5H3,(H,26,31)/t19-/m1/s1. The van der Waals surface area contributed by atoms with E-state index in [2.05, 4.69) is 5.32 Å². The van der Waals surface area contributed by atoms with Gasteiger partial charge in [0, 0.05) is 18.7 Å². The Bertz CT molecular complexity index is 1120. The molecule has 2 amide bonds. The Labute approximate surface area is 202 Å². The molecule has 8 nitrogen and oxygen atoms in total. The van der Waals surface area contributed by atoms with Crippen molar-refractivity contribution in [2.45, 2.75) is 40.3 Å². The number of nitrogens with zero attached hydrogens (tertiary/aromatic N) is 2. The number of nitrogens with one attached hydrogen (secondary N) is 1. The van der Waals surface area contributed by atoms with Crippen LogP contribution in [0.25, 0.3) is 0 Å². The highest BCUT2D eigenvalue weighted by Gasteiger charge is 2.30. The first-order chi connectivity index (χ1) is 15.9. The van der Waals surface area contributed by atoms with Crippen molar-refractivity contribution < 1.29 is 22.8 Å².